The summed E-state index contributed by atoms with van der Waals surface area (Å²) in [6, 6.07) is 4.50. The monoisotopic (exact) mass is 242 g/mol. The number of benzene rings is 1. The molecule has 0 aromatic heterocycles. The molecule has 1 unspecified atom stereocenters. The largest absolute Gasteiger partial charge is 0.489 e. The molecule has 0 aliphatic heterocycles. The van der Waals surface area contributed by atoms with E-state index in [-0.39, 0.29) is 11.7 Å². The third kappa shape index (κ3) is 2.46. The van der Waals surface area contributed by atoms with Gasteiger partial charge in [0.2, 0.25) is 0 Å². The maximum absolute atomic E-state index is 10.6. The van der Waals surface area contributed by atoms with Gasteiger partial charge in [-0.15, -0.1) is 0 Å². The average molecular weight is 243 g/mol. The Bertz CT molecular complexity index is 414. The van der Waals surface area contributed by atoms with Crippen molar-refractivity contribution in [2.24, 2.45) is 0 Å². The fourth-order valence-electron chi connectivity index (χ4n) is 1.29. The van der Waals surface area contributed by atoms with Gasteiger partial charge in [0.1, 0.15) is 5.75 Å². The number of carboxylic acids is 1. The van der Waals surface area contributed by atoms with Crippen LogP contribution in [0.5, 0.6) is 5.75 Å². The standard InChI is InChI=1S/C11H11ClO4/c12-8-5-6(10(13)11(14)15)1-4-9(8)16-7-2-3-7/h1,4-5,7,10,13H,2-3H2,(H,14,15). The Hall–Kier alpha value is -1.26. The van der Waals surface area contributed by atoms with E-state index in [0.717, 1.165) is 12.8 Å². The summed E-state index contributed by atoms with van der Waals surface area (Å²) in [7, 11) is 0. The third-order valence-electron chi connectivity index (χ3n) is 2.32. The van der Waals surface area contributed by atoms with Crippen LogP contribution in [0.15, 0.2) is 18.2 Å². The molecule has 1 aromatic rings. The summed E-state index contributed by atoms with van der Waals surface area (Å²) in [6.07, 6.45) is 0.728. The zero-order valence-electron chi connectivity index (χ0n) is 8.39. The van der Waals surface area contributed by atoms with Crippen molar-refractivity contribution >= 4 is 17.6 Å². The van der Waals surface area contributed by atoms with Crippen LogP contribution in [0.4, 0.5) is 0 Å². The van der Waals surface area contributed by atoms with Gasteiger partial charge in [0.25, 0.3) is 0 Å². The van der Waals surface area contributed by atoms with Crippen LogP contribution in [0.25, 0.3) is 0 Å². The molecule has 0 radical (unpaired) electrons. The Kier molecular flexibility index (Phi) is 3.03. The number of halogens is 1. The Labute approximate surface area is 97.4 Å². The van der Waals surface area contributed by atoms with E-state index >= 15 is 0 Å². The highest BCUT2D eigenvalue weighted by Gasteiger charge is 2.25. The number of hydrogen-bond acceptors (Lipinski definition) is 3. The molecule has 1 atom stereocenters. The predicted molar refractivity (Wildman–Crippen MR) is 57.7 cm³/mol. The Balaban J connectivity index is 2.17. The van der Waals surface area contributed by atoms with Crippen molar-refractivity contribution in [3.8, 4) is 5.75 Å². The van der Waals surface area contributed by atoms with Crippen molar-refractivity contribution in [1.29, 1.82) is 0 Å². The van der Waals surface area contributed by atoms with Crippen LogP contribution >= 0.6 is 11.6 Å². The number of aliphatic carboxylic acids is 1. The molecule has 0 saturated heterocycles. The van der Waals surface area contributed by atoms with Crippen LogP contribution in [0, 0.1) is 0 Å². The lowest BCUT2D eigenvalue weighted by molar-refractivity contribution is -0.146. The quantitative estimate of drug-likeness (QED) is 0.848. The molecule has 1 fully saturated rings. The van der Waals surface area contributed by atoms with E-state index in [0.29, 0.717) is 10.8 Å². The molecule has 16 heavy (non-hydrogen) atoms. The van der Waals surface area contributed by atoms with E-state index in [9.17, 15) is 9.90 Å². The SMILES string of the molecule is O=C(O)C(O)c1ccc(OC2CC2)c(Cl)c1. The summed E-state index contributed by atoms with van der Waals surface area (Å²) in [5, 5.41) is 18.3. The van der Waals surface area contributed by atoms with Crippen molar-refractivity contribution in [2.45, 2.75) is 25.0 Å². The molecule has 0 heterocycles. The predicted octanol–water partition coefficient (Wildman–Crippen LogP) is 2.00. The third-order valence-corrected chi connectivity index (χ3v) is 2.62. The van der Waals surface area contributed by atoms with Crippen LogP contribution in [0.1, 0.15) is 24.5 Å². The number of carbonyl (C=O) groups is 1. The van der Waals surface area contributed by atoms with Crippen molar-refractivity contribution in [1.82, 2.24) is 0 Å². The smallest absolute Gasteiger partial charge is 0.337 e. The highest BCUT2D eigenvalue weighted by atomic mass is 35.5. The molecule has 0 spiro atoms. The normalized spacial score (nSPS) is 16.9. The summed E-state index contributed by atoms with van der Waals surface area (Å²) in [4.78, 5) is 10.6. The number of rotatable bonds is 4. The van der Waals surface area contributed by atoms with Crippen molar-refractivity contribution < 1.29 is 19.7 Å². The first-order chi connectivity index (χ1) is 7.58. The zero-order valence-corrected chi connectivity index (χ0v) is 9.15. The molecular formula is C11H11ClO4. The molecule has 0 amide bonds. The number of hydrogen-bond donors (Lipinski definition) is 2. The van der Waals surface area contributed by atoms with Gasteiger partial charge in [-0.25, -0.2) is 4.79 Å². The van der Waals surface area contributed by atoms with E-state index in [4.69, 9.17) is 21.4 Å². The second-order valence-corrected chi connectivity index (χ2v) is 4.16. The molecule has 1 aliphatic carbocycles. The number of aliphatic hydroxyl groups is 1. The molecule has 5 heteroatoms. The molecular weight excluding hydrogens is 232 g/mol. The van der Waals surface area contributed by atoms with Crippen LogP contribution in [0.3, 0.4) is 0 Å². The van der Waals surface area contributed by atoms with Crippen molar-refractivity contribution in [3.05, 3.63) is 28.8 Å². The van der Waals surface area contributed by atoms with Gasteiger partial charge in [-0.2, -0.15) is 0 Å². The highest BCUT2D eigenvalue weighted by molar-refractivity contribution is 6.32. The second kappa shape index (κ2) is 4.31. The highest BCUT2D eigenvalue weighted by Crippen LogP contribution is 2.33. The number of aliphatic hydroxyl groups excluding tert-OH is 1. The molecule has 86 valence electrons. The van der Waals surface area contributed by atoms with Gasteiger partial charge in [0, 0.05) is 0 Å². The van der Waals surface area contributed by atoms with Crippen LogP contribution in [-0.2, 0) is 4.79 Å². The van der Waals surface area contributed by atoms with Crippen LogP contribution in [0.2, 0.25) is 5.02 Å². The fraction of sp³-hybridized carbons (Fsp3) is 0.364. The molecule has 2 N–H and O–H groups in total. The Morgan fingerprint density at radius 2 is 2.19 bits per heavy atom. The van der Waals surface area contributed by atoms with Gasteiger partial charge < -0.3 is 14.9 Å². The lowest BCUT2D eigenvalue weighted by Gasteiger charge is -2.10. The van der Waals surface area contributed by atoms with Crippen LogP contribution in [-0.4, -0.2) is 22.3 Å². The first-order valence-electron chi connectivity index (χ1n) is 4.95. The Morgan fingerprint density at radius 1 is 1.50 bits per heavy atom. The lowest BCUT2D eigenvalue weighted by Crippen LogP contribution is -2.10. The molecule has 1 aliphatic rings. The number of carboxylic acid groups (broad SMARTS) is 1. The molecule has 0 bridgehead atoms. The average Bonchev–Trinajstić information content (AvgIpc) is 3.03. The minimum Gasteiger partial charge on any atom is -0.489 e. The van der Waals surface area contributed by atoms with Crippen molar-refractivity contribution in [2.75, 3.05) is 0 Å². The van der Waals surface area contributed by atoms with Gasteiger partial charge in [-0.3, -0.25) is 0 Å². The number of ether oxygens (including phenoxy) is 1. The zero-order chi connectivity index (χ0) is 11.7. The van der Waals surface area contributed by atoms with Gasteiger partial charge in [0.15, 0.2) is 6.10 Å². The van der Waals surface area contributed by atoms with E-state index < -0.39 is 12.1 Å². The van der Waals surface area contributed by atoms with Gasteiger partial charge in [0.05, 0.1) is 11.1 Å². The lowest BCUT2D eigenvalue weighted by atomic mass is 10.1. The summed E-state index contributed by atoms with van der Waals surface area (Å²) in [5.41, 5.74) is 0.251. The van der Waals surface area contributed by atoms with E-state index in [1.165, 1.54) is 12.1 Å². The van der Waals surface area contributed by atoms with Gasteiger partial charge >= 0.3 is 5.97 Å². The minimum absolute atomic E-state index is 0.229. The van der Waals surface area contributed by atoms with Gasteiger partial charge in [-0.05, 0) is 30.5 Å². The van der Waals surface area contributed by atoms with Crippen LogP contribution < -0.4 is 4.74 Å². The molecule has 1 saturated carbocycles. The summed E-state index contributed by atoms with van der Waals surface area (Å²) < 4.78 is 5.49. The second-order valence-electron chi connectivity index (χ2n) is 3.75. The maximum Gasteiger partial charge on any atom is 0.337 e. The fourth-order valence-corrected chi connectivity index (χ4v) is 1.52. The Morgan fingerprint density at radius 3 is 2.69 bits per heavy atom. The first-order valence-corrected chi connectivity index (χ1v) is 5.32. The topological polar surface area (TPSA) is 66.8 Å². The molecule has 1 aromatic carbocycles. The van der Waals surface area contributed by atoms with Crippen molar-refractivity contribution in [3.63, 3.8) is 0 Å². The van der Waals surface area contributed by atoms with E-state index in [1.54, 1.807) is 6.07 Å². The first kappa shape index (κ1) is 11.2. The molecule has 4 nitrogen and oxygen atoms in total. The summed E-state index contributed by atoms with van der Waals surface area (Å²) in [6.45, 7) is 0. The molecule has 2 rings (SSSR count). The van der Waals surface area contributed by atoms with E-state index in [2.05, 4.69) is 0 Å². The maximum atomic E-state index is 10.6. The minimum atomic E-state index is -1.55. The van der Waals surface area contributed by atoms with Gasteiger partial charge in [-0.1, -0.05) is 17.7 Å². The van der Waals surface area contributed by atoms with E-state index in [1.807, 2.05) is 0 Å². The summed E-state index contributed by atoms with van der Waals surface area (Å²) in [5.74, 6) is -0.766. The summed E-state index contributed by atoms with van der Waals surface area (Å²) >= 11 is 5.92.